The zero-order valence-corrected chi connectivity index (χ0v) is 16.3. The Morgan fingerprint density at radius 3 is 1.86 bits per heavy atom. The Morgan fingerprint density at radius 2 is 1.21 bits per heavy atom. The Balaban J connectivity index is 1.46. The monoisotopic (exact) mass is 386 g/mol. The number of Topliss-reactive ketones (excluding diaryl/α,β-unsaturated/α-hetero) is 2. The number of rotatable bonds is 8. The maximum atomic E-state index is 12.2. The molecule has 0 N–H and O–H groups in total. The third-order valence-electron chi connectivity index (χ3n) is 4.61. The Hall–Kier alpha value is -3.53. The van der Waals surface area contributed by atoms with Crippen molar-refractivity contribution in [3.8, 4) is 11.1 Å². The lowest BCUT2D eigenvalue weighted by Crippen LogP contribution is -2.15. The van der Waals surface area contributed by atoms with Gasteiger partial charge in [0.2, 0.25) is 0 Å². The molecule has 0 unspecified atom stereocenters. The lowest BCUT2D eigenvalue weighted by atomic mass is 10.0. The van der Waals surface area contributed by atoms with Crippen LogP contribution in [-0.4, -0.2) is 24.1 Å². The fraction of sp³-hybridized carbons (Fsp3) is 0.160. The Kier molecular flexibility index (Phi) is 6.69. The van der Waals surface area contributed by atoms with Gasteiger partial charge in [0.1, 0.15) is 0 Å². The quantitative estimate of drug-likeness (QED) is 0.401. The molecule has 3 rings (SSSR count). The van der Waals surface area contributed by atoms with Gasteiger partial charge in [-0.25, -0.2) is 0 Å². The van der Waals surface area contributed by atoms with Crippen molar-refractivity contribution in [2.24, 2.45) is 0 Å². The van der Waals surface area contributed by atoms with Gasteiger partial charge >= 0.3 is 5.97 Å². The average molecular weight is 386 g/mol. The third kappa shape index (κ3) is 5.72. The van der Waals surface area contributed by atoms with Crippen LogP contribution in [0.1, 0.15) is 39.1 Å². The van der Waals surface area contributed by atoms with E-state index in [1.54, 1.807) is 24.3 Å². The van der Waals surface area contributed by atoms with E-state index >= 15 is 0 Å². The molecule has 146 valence electrons. The van der Waals surface area contributed by atoms with Crippen LogP contribution in [0.15, 0.2) is 78.9 Å². The van der Waals surface area contributed by atoms with Gasteiger partial charge in [-0.2, -0.15) is 0 Å². The van der Waals surface area contributed by atoms with Crippen LogP contribution < -0.4 is 0 Å². The van der Waals surface area contributed by atoms with Crippen molar-refractivity contribution in [2.45, 2.75) is 19.8 Å². The fourth-order valence-electron chi connectivity index (χ4n) is 2.88. The van der Waals surface area contributed by atoms with Gasteiger partial charge in [0.05, 0.1) is 6.42 Å². The molecule has 0 aliphatic heterocycles. The molecule has 0 radical (unpaired) electrons. The van der Waals surface area contributed by atoms with Gasteiger partial charge in [0.15, 0.2) is 18.2 Å². The summed E-state index contributed by atoms with van der Waals surface area (Å²) in [7, 11) is 0. The second kappa shape index (κ2) is 9.60. The van der Waals surface area contributed by atoms with Gasteiger partial charge in [-0.05, 0) is 18.1 Å². The van der Waals surface area contributed by atoms with E-state index in [-0.39, 0.29) is 31.0 Å². The van der Waals surface area contributed by atoms with Crippen molar-refractivity contribution in [2.75, 3.05) is 6.61 Å². The molecular weight excluding hydrogens is 364 g/mol. The van der Waals surface area contributed by atoms with E-state index < -0.39 is 5.97 Å². The molecule has 0 spiro atoms. The molecule has 3 aromatic carbocycles. The van der Waals surface area contributed by atoms with Crippen LogP contribution >= 0.6 is 0 Å². The molecule has 0 saturated carbocycles. The van der Waals surface area contributed by atoms with E-state index in [9.17, 15) is 14.4 Å². The van der Waals surface area contributed by atoms with E-state index in [1.807, 2.05) is 61.5 Å². The molecule has 0 atom stereocenters. The normalized spacial score (nSPS) is 10.4. The van der Waals surface area contributed by atoms with E-state index in [0.717, 1.165) is 16.7 Å². The molecule has 0 fully saturated rings. The van der Waals surface area contributed by atoms with Crippen LogP contribution in [-0.2, 0) is 9.53 Å². The molecule has 0 saturated heterocycles. The van der Waals surface area contributed by atoms with Crippen LogP contribution in [0.5, 0.6) is 0 Å². The Labute approximate surface area is 170 Å². The van der Waals surface area contributed by atoms with E-state index in [0.29, 0.717) is 11.1 Å². The van der Waals surface area contributed by atoms with Crippen molar-refractivity contribution in [1.29, 1.82) is 0 Å². The molecule has 0 aliphatic rings. The van der Waals surface area contributed by atoms with Gasteiger partial charge in [-0.1, -0.05) is 84.4 Å². The number of ketones is 2. The van der Waals surface area contributed by atoms with Gasteiger partial charge < -0.3 is 4.74 Å². The smallest absolute Gasteiger partial charge is 0.306 e. The molecule has 0 aromatic heterocycles. The third-order valence-corrected chi connectivity index (χ3v) is 4.61. The first kappa shape index (κ1) is 20.2. The minimum Gasteiger partial charge on any atom is -0.457 e. The first-order valence-electron chi connectivity index (χ1n) is 9.47. The molecule has 0 bridgehead atoms. The predicted molar refractivity (Wildman–Crippen MR) is 112 cm³/mol. The summed E-state index contributed by atoms with van der Waals surface area (Å²) in [5.41, 5.74) is 4.19. The Morgan fingerprint density at radius 1 is 0.655 bits per heavy atom. The SMILES string of the molecule is Cc1ccc(C(=O)CCC(=O)OCC(=O)c2ccc(-c3ccccc3)cc2)cc1. The standard InChI is InChI=1S/C25H22O4/c1-18-7-9-21(10-8-18)23(26)15-16-25(28)29-17-24(27)22-13-11-20(12-14-22)19-5-3-2-4-6-19/h2-14H,15-17H2,1H3. The van der Waals surface area contributed by atoms with Crippen LogP contribution in [0.25, 0.3) is 11.1 Å². The second-order valence-electron chi connectivity index (χ2n) is 6.82. The van der Waals surface area contributed by atoms with Crippen molar-refractivity contribution >= 4 is 17.5 Å². The van der Waals surface area contributed by atoms with Gasteiger partial charge in [-0.15, -0.1) is 0 Å². The lowest BCUT2D eigenvalue weighted by molar-refractivity contribution is -0.142. The Bertz CT molecular complexity index is 987. The number of benzene rings is 3. The maximum absolute atomic E-state index is 12.2. The molecule has 0 aliphatic carbocycles. The van der Waals surface area contributed by atoms with Crippen molar-refractivity contribution < 1.29 is 19.1 Å². The number of aryl methyl sites for hydroxylation is 1. The van der Waals surface area contributed by atoms with Gasteiger partial charge in [0, 0.05) is 17.5 Å². The highest BCUT2D eigenvalue weighted by Gasteiger charge is 2.13. The predicted octanol–water partition coefficient (Wildman–Crippen LogP) is 5.05. The van der Waals surface area contributed by atoms with Gasteiger partial charge in [-0.3, -0.25) is 14.4 Å². The van der Waals surface area contributed by atoms with Crippen LogP contribution in [0.3, 0.4) is 0 Å². The van der Waals surface area contributed by atoms with Crippen LogP contribution in [0.2, 0.25) is 0 Å². The fourth-order valence-corrected chi connectivity index (χ4v) is 2.88. The van der Waals surface area contributed by atoms with Crippen molar-refractivity contribution in [1.82, 2.24) is 0 Å². The number of carbonyl (C=O) groups is 3. The van der Waals surface area contributed by atoms with E-state index in [2.05, 4.69) is 0 Å². The minimum atomic E-state index is -0.556. The van der Waals surface area contributed by atoms with Crippen LogP contribution in [0, 0.1) is 6.92 Å². The summed E-state index contributed by atoms with van der Waals surface area (Å²) < 4.78 is 5.04. The molecule has 4 nitrogen and oxygen atoms in total. The van der Waals surface area contributed by atoms with E-state index in [4.69, 9.17) is 4.74 Å². The summed E-state index contributed by atoms with van der Waals surface area (Å²) >= 11 is 0. The zero-order valence-electron chi connectivity index (χ0n) is 16.3. The maximum Gasteiger partial charge on any atom is 0.306 e. The molecule has 29 heavy (non-hydrogen) atoms. The summed E-state index contributed by atoms with van der Waals surface area (Å²) in [6.45, 7) is 1.61. The van der Waals surface area contributed by atoms with Gasteiger partial charge in [0.25, 0.3) is 0 Å². The summed E-state index contributed by atoms with van der Waals surface area (Å²) in [6.07, 6.45) is 0.00872. The number of carbonyl (C=O) groups excluding carboxylic acids is 3. The summed E-state index contributed by atoms with van der Waals surface area (Å²) in [5, 5.41) is 0. The summed E-state index contributed by atoms with van der Waals surface area (Å²) in [6, 6.07) is 24.2. The molecule has 3 aromatic rings. The highest BCUT2D eigenvalue weighted by atomic mass is 16.5. The first-order valence-corrected chi connectivity index (χ1v) is 9.47. The largest absolute Gasteiger partial charge is 0.457 e. The number of hydrogen-bond donors (Lipinski definition) is 0. The van der Waals surface area contributed by atoms with Crippen LogP contribution in [0.4, 0.5) is 0 Å². The minimum absolute atomic E-state index is 0.0487. The number of esters is 1. The average Bonchev–Trinajstić information content (AvgIpc) is 2.77. The topological polar surface area (TPSA) is 60.4 Å². The zero-order chi connectivity index (χ0) is 20.6. The van der Waals surface area contributed by atoms with E-state index in [1.165, 1.54) is 0 Å². The first-order chi connectivity index (χ1) is 14.0. The highest BCUT2D eigenvalue weighted by Crippen LogP contribution is 2.19. The summed E-state index contributed by atoms with van der Waals surface area (Å²) in [5.74, 6) is -0.952. The van der Waals surface area contributed by atoms with Crippen molar-refractivity contribution in [3.63, 3.8) is 0 Å². The molecule has 0 amide bonds. The molecule has 0 heterocycles. The molecule has 4 heteroatoms. The lowest BCUT2D eigenvalue weighted by Gasteiger charge is -2.06. The van der Waals surface area contributed by atoms with Crippen molar-refractivity contribution in [3.05, 3.63) is 95.6 Å². The summed E-state index contributed by atoms with van der Waals surface area (Å²) in [4.78, 5) is 36.2. The number of hydrogen-bond acceptors (Lipinski definition) is 4. The number of ether oxygens (including phenoxy) is 1. The molecular formula is C25H22O4. The highest BCUT2D eigenvalue weighted by molar-refractivity contribution is 5.99. The second-order valence-corrected chi connectivity index (χ2v) is 6.82.